The highest BCUT2D eigenvalue weighted by molar-refractivity contribution is 6.06. The van der Waals surface area contributed by atoms with E-state index in [1.165, 1.54) is 7.11 Å². The molecule has 6 atom stereocenters. The number of allylic oxidation sites excluding steroid dienone is 2. The fourth-order valence-corrected chi connectivity index (χ4v) is 6.36. The zero-order chi connectivity index (χ0) is 23.0. The maximum atomic E-state index is 13.1. The number of esters is 1. The Morgan fingerprint density at radius 2 is 1.64 bits per heavy atom. The molecule has 2 heterocycles. The summed E-state index contributed by atoms with van der Waals surface area (Å²) in [4.78, 5) is 38.0. The molecule has 7 nitrogen and oxygen atoms in total. The Morgan fingerprint density at radius 3 is 2.21 bits per heavy atom. The largest absolute Gasteiger partial charge is 0.465 e. The van der Waals surface area contributed by atoms with Crippen molar-refractivity contribution in [1.29, 1.82) is 0 Å². The van der Waals surface area contributed by atoms with Crippen molar-refractivity contribution in [1.82, 2.24) is 9.58 Å². The van der Waals surface area contributed by atoms with Gasteiger partial charge in [0.1, 0.15) is 0 Å². The van der Waals surface area contributed by atoms with Crippen LogP contribution < -0.4 is 0 Å². The number of imide groups is 1. The second-order valence-electron chi connectivity index (χ2n) is 9.59. The van der Waals surface area contributed by atoms with Crippen LogP contribution >= 0.6 is 0 Å². The first-order chi connectivity index (χ1) is 15.9. The van der Waals surface area contributed by atoms with Crippen LogP contribution in [0.1, 0.15) is 33.7 Å². The predicted molar refractivity (Wildman–Crippen MR) is 121 cm³/mol. The molecular formula is C26H25N3O4. The Bertz CT molecular complexity index is 1220. The molecule has 168 valence electrons. The Balaban J connectivity index is 1.27. The molecule has 2 saturated carbocycles. The smallest absolute Gasteiger partial charge is 0.337 e. The van der Waals surface area contributed by atoms with Gasteiger partial charge in [-0.2, -0.15) is 10.1 Å². The predicted octanol–water partition coefficient (Wildman–Crippen LogP) is 3.27. The summed E-state index contributed by atoms with van der Waals surface area (Å²) in [5, 5.41) is 5.50. The Morgan fingerprint density at radius 1 is 1.03 bits per heavy atom. The highest BCUT2D eigenvalue weighted by atomic mass is 16.5. The molecule has 7 heteroatoms. The molecule has 0 unspecified atom stereocenters. The lowest BCUT2D eigenvalue weighted by Crippen LogP contribution is -2.40. The summed E-state index contributed by atoms with van der Waals surface area (Å²) in [6, 6.07) is 9.15. The van der Waals surface area contributed by atoms with E-state index >= 15 is 0 Å². The third-order valence-electron chi connectivity index (χ3n) is 7.97. The molecule has 4 aliphatic carbocycles. The van der Waals surface area contributed by atoms with Crippen molar-refractivity contribution in [3.8, 4) is 5.69 Å². The average molecular weight is 444 g/mol. The molecule has 1 aromatic carbocycles. The van der Waals surface area contributed by atoms with Crippen molar-refractivity contribution >= 4 is 24.0 Å². The van der Waals surface area contributed by atoms with Crippen LogP contribution in [0.3, 0.4) is 0 Å². The number of carbonyl (C=O) groups is 3. The van der Waals surface area contributed by atoms with Crippen molar-refractivity contribution < 1.29 is 19.1 Å². The molecule has 2 aromatic rings. The highest BCUT2D eigenvalue weighted by Crippen LogP contribution is 2.65. The standard InChI is InChI=1S/C26H25N3O4/c1-13-10-16(14(2)28(13)17-6-4-15(5-7-17)26(32)33-3)12-27-29-24(30)22-18-8-9-19(21-11-20(18)21)23(22)25(29)31/h4-10,12,18-23H,11H2,1-3H3/b27-12-/t18-,19-,20-,21-,22+,23+/m0/s1. The molecule has 7 rings (SSSR count). The second kappa shape index (κ2) is 7.01. The summed E-state index contributed by atoms with van der Waals surface area (Å²) in [6.07, 6.45) is 7.09. The summed E-state index contributed by atoms with van der Waals surface area (Å²) in [5.41, 5.74) is 4.14. The van der Waals surface area contributed by atoms with Crippen LogP contribution in [0, 0.1) is 49.4 Å². The third kappa shape index (κ3) is 2.81. The number of rotatable bonds is 4. The van der Waals surface area contributed by atoms with Gasteiger partial charge in [0.25, 0.3) is 11.8 Å². The van der Waals surface area contributed by atoms with Crippen LogP contribution in [0.2, 0.25) is 0 Å². The van der Waals surface area contributed by atoms with E-state index in [4.69, 9.17) is 4.74 Å². The molecule has 5 aliphatic rings. The zero-order valence-electron chi connectivity index (χ0n) is 18.8. The van der Waals surface area contributed by atoms with Crippen molar-refractivity contribution in [2.45, 2.75) is 20.3 Å². The summed E-state index contributed by atoms with van der Waals surface area (Å²) in [6.45, 7) is 3.95. The number of hydrogen-bond donors (Lipinski definition) is 0. The number of methoxy groups -OCH3 is 1. The van der Waals surface area contributed by atoms with Gasteiger partial charge in [-0.3, -0.25) is 9.59 Å². The van der Waals surface area contributed by atoms with Crippen LogP contribution in [0.4, 0.5) is 0 Å². The number of aryl methyl sites for hydroxylation is 1. The minimum absolute atomic E-state index is 0.154. The molecular weight excluding hydrogens is 418 g/mol. The van der Waals surface area contributed by atoms with Crippen molar-refractivity contribution in [3.05, 3.63) is 65.0 Å². The number of hydrogen-bond acceptors (Lipinski definition) is 5. The van der Waals surface area contributed by atoms with Gasteiger partial charge in [0, 0.05) is 22.6 Å². The van der Waals surface area contributed by atoms with Crippen molar-refractivity contribution in [2.24, 2.45) is 40.6 Å². The highest BCUT2D eigenvalue weighted by Gasteiger charge is 2.67. The Kier molecular flexibility index (Phi) is 4.28. The maximum absolute atomic E-state index is 13.1. The first-order valence-corrected chi connectivity index (χ1v) is 11.4. The van der Waals surface area contributed by atoms with Gasteiger partial charge in [-0.25, -0.2) is 4.79 Å². The summed E-state index contributed by atoms with van der Waals surface area (Å²) in [5.74, 6) is 0.369. The van der Waals surface area contributed by atoms with Gasteiger partial charge < -0.3 is 9.30 Å². The van der Waals surface area contributed by atoms with Crippen LogP contribution in [-0.2, 0) is 14.3 Å². The van der Waals surface area contributed by atoms with Crippen LogP contribution in [-0.4, -0.2) is 40.7 Å². The number of amides is 2. The first-order valence-electron chi connectivity index (χ1n) is 11.4. The number of aromatic nitrogens is 1. The van der Waals surface area contributed by atoms with Crippen LogP contribution in [0.5, 0.6) is 0 Å². The molecule has 1 saturated heterocycles. The van der Waals surface area contributed by atoms with Gasteiger partial charge in [-0.05, 0) is 74.3 Å². The SMILES string of the molecule is COC(=O)c1ccc(-n2c(C)cc(/C=N\N3C(=O)[C@@H]4[C@H]5C=C[C@@H]([C@@H]6C[C@@H]56)[C@H]4C3=O)c2C)cc1. The van der Waals surface area contributed by atoms with Gasteiger partial charge in [0.15, 0.2) is 0 Å². The van der Waals surface area contributed by atoms with Crippen LogP contribution in [0.25, 0.3) is 5.69 Å². The van der Waals surface area contributed by atoms with Crippen molar-refractivity contribution in [3.63, 3.8) is 0 Å². The molecule has 0 radical (unpaired) electrons. The molecule has 1 aromatic heterocycles. The number of benzene rings is 1. The summed E-state index contributed by atoms with van der Waals surface area (Å²) < 4.78 is 6.81. The van der Waals surface area contributed by atoms with E-state index < -0.39 is 0 Å². The zero-order valence-corrected chi connectivity index (χ0v) is 18.8. The normalized spacial score (nSPS) is 31.3. The topological polar surface area (TPSA) is 81.0 Å². The van der Waals surface area contributed by atoms with E-state index in [1.54, 1.807) is 18.3 Å². The van der Waals surface area contributed by atoms with Crippen molar-refractivity contribution in [2.75, 3.05) is 7.11 Å². The minimum atomic E-state index is -0.378. The average Bonchev–Trinajstić information content (AvgIpc) is 3.55. The molecule has 2 bridgehead atoms. The molecule has 1 aliphatic heterocycles. The number of hydrazone groups is 1. The van der Waals surface area contributed by atoms with Crippen LogP contribution in [0.15, 0.2) is 47.6 Å². The first kappa shape index (κ1) is 20.1. The second-order valence-corrected chi connectivity index (χ2v) is 9.59. The van der Waals surface area contributed by atoms with Gasteiger partial charge >= 0.3 is 5.97 Å². The van der Waals surface area contributed by atoms with E-state index in [0.717, 1.165) is 34.1 Å². The van der Waals surface area contributed by atoms with E-state index in [1.807, 2.05) is 36.6 Å². The molecule has 0 N–H and O–H groups in total. The maximum Gasteiger partial charge on any atom is 0.337 e. The Labute approximate surface area is 191 Å². The lowest BCUT2D eigenvalue weighted by Gasteiger charge is -2.37. The van der Waals surface area contributed by atoms with E-state index in [0.29, 0.717) is 17.4 Å². The quantitative estimate of drug-likeness (QED) is 0.314. The summed E-state index contributed by atoms with van der Waals surface area (Å²) in [7, 11) is 1.36. The van der Waals surface area contributed by atoms with Gasteiger partial charge in [-0.1, -0.05) is 12.2 Å². The fourth-order valence-electron chi connectivity index (χ4n) is 6.36. The monoisotopic (exact) mass is 443 g/mol. The lowest BCUT2D eigenvalue weighted by molar-refractivity contribution is -0.140. The number of carbonyl (C=O) groups excluding carboxylic acids is 3. The lowest BCUT2D eigenvalue weighted by atomic mass is 9.63. The van der Waals surface area contributed by atoms with Gasteiger partial charge in [0.05, 0.1) is 30.7 Å². The van der Waals surface area contributed by atoms with E-state index in [-0.39, 0.29) is 41.5 Å². The van der Waals surface area contributed by atoms with E-state index in [2.05, 4.69) is 17.3 Å². The van der Waals surface area contributed by atoms with Gasteiger partial charge in [-0.15, -0.1) is 0 Å². The van der Waals surface area contributed by atoms with E-state index in [9.17, 15) is 14.4 Å². The molecule has 33 heavy (non-hydrogen) atoms. The molecule has 2 amide bonds. The van der Waals surface area contributed by atoms with Gasteiger partial charge in [0.2, 0.25) is 0 Å². The fraction of sp³-hybridized carbons (Fsp3) is 0.385. The summed E-state index contributed by atoms with van der Waals surface area (Å²) >= 11 is 0. The Hall–Kier alpha value is -3.48. The number of nitrogens with zero attached hydrogens (tertiary/aromatic N) is 3. The number of ether oxygens (including phenoxy) is 1. The molecule has 0 spiro atoms. The minimum Gasteiger partial charge on any atom is -0.465 e. The molecule has 3 fully saturated rings. The third-order valence-corrected chi connectivity index (χ3v) is 7.97.